The third kappa shape index (κ3) is 4.29. The van der Waals surface area contributed by atoms with Gasteiger partial charge < -0.3 is 19.3 Å². The molecule has 1 N–H and O–H groups in total. The van der Waals surface area contributed by atoms with E-state index in [-0.39, 0.29) is 12.6 Å². The quantitative estimate of drug-likeness (QED) is 0.673. The second-order valence-electron chi connectivity index (χ2n) is 7.05. The summed E-state index contributed by atoms with van der Waals surface area (Å²) in [6, 6.07) is 2.24. The first-order chi connectivity index (χ1) is 13.8. The number of hydrogen-bond acceptors (Lipinski definition) is 9. The number of hydrogen-bond donors (Lipinski definition) is 1. The lowest BCUT2D eigenvalue weighted by atomic mass is 10.2. The first-order valence-corrected chi connectivity index (χ1v) is 10.8. The Morgan fingerprint density at radius 3 is 2.93 bits per heavy atom. The minimum Gasteiger partial charge on any atom is -0.396 e. The first-order valence-electron chi connectivity index (χ1n) is 9.78. The molecule has 1 unspecified atom stereocenters. The van der Waals surface area contributed by atoms with Gasteiger partial charge in [0.05, 0.1) is 31.6 Å². The van der Waals surface area contributed by atoms with E-state index in [1.165, 1.54) is 11.8 Å². The normalized spacial score (nSPS) is 20.8. The highest BCUT2D eigenvalue weighted by Gasteiger charge is 2.31. The predicted molar refractivity (Wildman–Crippen MR) is 106 cm³/mol. The van der Waals surface area contributed by atoms with Crippen LogP contribution in [0.4, 0.5) is 5.95 Å². The van der Waals surface area contributed by atoms with Crippen LogP contribution in [0.5, 0.6) is 0 Å². The van der Waals surface area contributed by atoms with Gasteiger partial charge in [0.1, 0.15) is 0 Å². The number of anilines is 1. The minimum atomic E-state index is 0.140. The van der Waals surface area contributed by atoms with E-state index in [1.54, 1.807) is 0 Å². The van der Waals surface area contributed by atoms with E-state index in [1.807, 2.05) is 19.3 Å². The van der Waals surface area contributed by atoms with Gasteiger partial charge in [-0.25, -0.2) is 9.97 Å². The lowest BCUT2D eigenvalue weighted by molar-refractivity contribution is 0.122. The number of morpholine rings is 1. The highest BCUT2D eigenvalue weighted by Crippen LogP contribution is 2.33. The maximum atomic E-state index is 9.05. The van der Waals surface area contributed by atoms with Gasteiger partial charge in [-0.3, -0.25) is 4.90 Å². The highest BCUT2D eigenvalue weighted by molar-refractivity contribution is 7.99. The molecule has 0 spiro atoms. The molecule has 0 aromatic carbocycles. The van der Waals surface area contributed by atoms with Crippen LogP contribution < -0.4 is 4.90 Å². The van der Waals surface area contributed by atoms with Gasteiger partial charge in [-0.2, -0.15) is 0 Å². The zero-order chi connectivity index (χ0) is 19.3. The molecule has 1 atom stereocenters. The smallest absolute Gasteiger partial charge is 0.225 e. The van der Waals surface area contributed by atoms with E-state index in [0.29, 0.717) is 5.75 Å². The zero-order valence-electron chi connectivity index (χ0n) is 16.2. The highest BCUT2D eigenvalue weighted by atomic mass is 32.2. The molecule has 4 heterocycles. The molecule has 0 amide bonds. The summed E-state index contributed by atoms with van der Waals surface area (Å²) in [4.78, 5) is 13.9. The van der Waals surface area contributed by atoms with Gasteiger partial charge in [-0.15, -0.1) is 10.2 Å². The fraction of sp³-hybridized carbons (Fsp3) is 0.667. The van der Waals surface area contributed by atoms with Crippen molar-refractivity contribution in [3.8, 4) is 0 Å². The molecule has 2 fully saturated rings. The number of aromatic nitrogens is 5. The molecule has 0 radical (unpaired) electrons. The van der Waals surface area contributed by atoms with Crippen molar-refractivity contribution >= 4 is 17.7 Å². The Bertz CT molecular complexity index is 781. The Morgan fingerprint density at radius 1 is 1.25 bits per heavy atom. The van der Waals surface area contributed by atoms with Crippen LogP contribution in [0, 0.1) is 0 Å². The van der Waals surface area contributed by atoms with Crippen molar-refractivity contribution in [3.05, 3.63) is 23.8 Å². The average molecular weight is 406 g/mol. The van der Waals surface area contributed by atoms with E-state index >= 15 is 0 Å². The lowest BCUT2D eigenvalue weighted by Crippen LogP contribution is -2.37. The molecule has 2 aromatic heterocycles. The molecule has 4 rings (SSSR count). The zero-order valence-corrected chi connectivity index (χ0v) is 17.0. The van der Waals surface area contributed by atoms with E-state index in [2.05, 4.69) is 29.5 Å². The van der Waals surface area contributed by atoms with Crippen molar-refractivity contribution < 1.29 is 9.84 Å². The average Bonchev–Trinajstić information content (AvgIpc) is 3.33. The summed E-state index contributed by atoms with van der Waals surface area (Å²) in [5, 5.41) is 18.7. The SMILES string of the molecule is Cn1c(SCCO)nnc1C1CCCN1Cc1ccnc(N2CCOCC2)n1. The van der Waals surface area contributed by atoms with Crippen molar-refractivity contribution in [2.45, 2.75) is 30.6 Å². The second-order valence-corrected chi connectivity index (χ2v) is 8.11. The summed E-state index contributed by atoms with van der Waals surface area (Å²) in [5.41, 5.74) is 1.03. The minimum absolute atomic E-state index is 0.140. The molecular weight excluding hydrogens is 378 g/mol. The molecule has 2 saturated heterocycles. The molecule has 0 bridgehead atoms. The van der Waals surface area contributed by atoms with Gasteiger partial charge in [0.2, 0.25) is 5.95 Å². The van der Waals surface area contributed by atoms with Gasteiger partial charge in [0.25, 0.3) is 0 Å². The van der Waals surface area contributed by atoms with E-state index in [9.17, 15) is 0 Å². The van der Waals surface area contributed by atoms with Crippen molar-refractivity contribution in [3.63, 3.8) is 0 Å². The van der Waals surface area contributed by atoms with Crippen molar-refractivity contribution in [2.75, 3.05) is 50.1 Å². The van der Waals surface area contributed by atoms with Gasteiger partial charge in [0.15, 0.2) is 11.0 Å². The number of aliphatic hydroxyl groups excluding tert-OH is 1. The summed E-state index contributed by atoms with van der Waals surface area (Å²) in [7, 11) is 2.01. The fourth-order valence-electron chi connectivity index (χ4n) is 3.78. The summed E-state index contributed by atoms with van der Waals surface area (Å²) in [5.74, 6) is 2.41. The molecular formula is C18H27N7O2S. The van der Waals surface area contributed by atoms with Crippen molar-refractivity contribution in [2.24, 2.45) is 7.05 Å². The monoisotopic (exact) mass is 405 g/mol. The van der Waals surface area contributed by atoms with E-state index in [4.69, 9.17) is 14.8 Å². The second kappa shape index (κ2) is 9.17. The Labute approximate surface area is 169 Å². The van der Waals surface area contributed by atoms with Gasteiger partial charge >= 0.3 is 0 Å². The molecule has 0 saturated carbocycles. The summed E-state index contributed by atoms with van der Waals surface area (Å²) < 4.78 is 7.48. The molecule has 152 valence electrons. The first kappa shape index (κ1) is 19.6. The van der Waals surface area contributed by atoms with Gasteiger partial charge in [-0.1, -0.05) is 11.8 Å². The molecule has 2 aromatic rings. The summed E-state index contributed by atoms with van der Waals surface area (Å²) in [6.45, 7) is 5.06. The summed E-state index contributed by atoms with van der Waals surface area (Å²) in [6.07, 6.45) is 4.06. The molecule has 28 heavy (non-hydrogen) atoms. The number of ether oxygens (including phenoxy) is 1. The van der Waals surface area contributed by atoms with Crippen LogP contribution in [-0.2, 0) is 18.3 Å². The van der Waals surface area contributed by atoms with Gasteiger partial charge in [0, 0.05) is 38.6 Å². The molecule has 0 aliphatic carbocycles. The van der Waals surface area contributed by atoms with E-state index in [0.717, 1.165) is 74.9 Å². The molecule has 10 heteroatoms. The maximum absolute atomic E-state index is 9.05. The van der Waals surface area contributed by atoms with E-state index < -0.39 is 0 Å². The van der Waals surface area contributed by atoms with Crippen molar-refractivity contribution in [1.82, 2.24) is 29.6 Å². The van der Waals surface area contributed by atoms with Crippen molar-refractivity contribution in [1.29, 1.82) is 0 Å². The van der Waals surface area contributed by atoms with Crippen LogP contribution in [0.25, 0.3) is 0 Å². The number of likely N-dealkylation sites (tertiary alicyclic amines) is 1. The Balaban J connectivity index is 1.46. The number of thioether (sulfide) groups is 1. The number of aliphatic hydroxyl groups is 1. The third-order valence-electron chi connectivity index (χ3n) is 5.21. The van der Waals surface area contributed by atoms with Gasteiger partial charge in [-0.05, 0) is 25.5 Å². The summed E-state index contributed by atoms with van der Waals surface area (Å²) >= 11 is 1.53. The Morgan fingerprint density at radius 2 is 2.11 bits per heavy atom. The van der Waals surface area contributed by atoms with Crippen LogP contribution in [0.15, 0.2) is 17.4 Å². The van der Waals surface area contributed by atoms with Crippen LogP contribution in [-0.4, -0.2) is 79.9 Å². The topological polar surface area (TPSA) is 92.4 Å². The molecule has 9 nitrogen and oxygen atoms in total. The van der Waals surface area contributed by atoms with Crippen LogP contribution >= 0.6 is 11.8 Å². The Hall–Kier alpha value is -1.75. The standard InChI is InChI=1S/C18H27N7O2S/c1-23-16(21-22-18(23)28-12-9-26)15-3-2-6-25(15)13-14-4-5-19-17(20-14)24-7-10-27-11-8-24/h4-5,15,26H,2-3,6-13H2,1H3. The third-order valence-corrected chi connectivity index (χ3v) is 6.21. The number of rotatable bonds is 7. The molecule has 2 aliphatic heterocycles. The van der Waals surface area contributed by atoms with Crippen LogP contribution in [0.3, 0.4) is 0 Å². The Kier molecular flexibility index (Phi) is 6.40. The van der Waals surface area contributed by atoms with Crippen LogP contribution in [0.1, 0.15) is 30.4 Å². The largest absolute Gasteiger partial charge is 0.396 e. The molecule has 2 aliphatic rings. The fourth-order valence-corrected chi connectivity index (χ4v) is 4.44. The number of nitrogens with zero attached hydrogens (tertiary/aromatic N) is 7. The predicted octanol–water partition coefficient (Wildman–Crippen LogP) is 0.863. The van der Waals surface area contributed by atoms with Crippen LogP contribution in [0.2, 0.25) is 0 Å². The maximum Gasteiger partial charge on any atom is 0.225 e. The lowest BCUT2D eigenvalue weighted by Gasteiger charge is -2.27.